The highest BCUT2D eigenvalue weighted by molar-refractivity contribution is 6.33. The Morgan fingerprint density at radius 2 is 1.84 bits per heavy atom. The van der Waals surface area contributed by atoms with E-state index in [0.717, 1.165) is 16.7 Å². The highest BCUT2D eigenvalue weighted by Gasteiger charge is 2.23. The van der Waals surface area contributed by atoms with Crippen molar-refractivity contribution in [1.82, 2.24) is 14.8 Å². The van der Waals surface area contributed by atoms with E-state index in [-0.39, 0.29) is 11.8 Å². The number of pyridine rings is 1. The number of aryl methyl sites for hydroxylation is 1. The molecule has 0 spiro atoms. The van der Waals surface area contributed by atoms with Crippen LogP contribution in [0.15, 0.2) is 43.1 Å². The van der Waals surface area contributed by atoms with E-state index in [1.165, 1.54) is 6.08 Å². The van der Waals surface area contributed by atoms with Crippen molar-refractivity contribution < 1.29 is 19.1 Å². The van der Waals surface area contributed by atoms with Gasteiger partial charge >= 0.3 is 0 Å². The molecule has 0 unspecified atom stereocenters. The minimum absolute atomic E-state index is 0.0513. The summed E-state index contributed by atoms with van der Waals surface area (Å²) < 4.78 is 10.6. The van der Waals surface area contributed by atoms with Crippen molar-refractivity contribution in [3.05, 3.63) is 53.7 Å². The van der Waals surface area contributed by atoms with E-state index in [0.29, 0.717) is 55.7 Å². The van der Waals surface area contributed by atoms with Gasteiger partial charge in [0.2, 0.25) is 17.7 Å². The van der Waals surface area contributed by atoms with E-state index in [2.05, 4.69) is 11.6 Å². The Morgan fingerprint density at radius 1 is 1.13 bits per heavy atom. The highest BCUT2D eigenvalue weighted by Crippen LogP contribution is 2.35. The number of methoxy groups -OCH3 is 2. The SMILES string of the molecule is C=CC(=O)N1CCN(C(=O)CCc2cc(-c3ccc(OC)nc3)c(Cl)cc2OC)CC1. The third-order valence-corrected chi connectivity index (χ3v) is 5.67. The van der Waals surface area contributed by atoms with Crippen LogP contribution in [-0.2, 0) is 16.0 Å². The number of halogens is 1. The Morgan fingerprint density at radius 3 is 2.42 bits per heavy atom. The molecule has 31 heavy (non-hydrogen) atoms. The van der Waals surface area contributed by atoms with Gasteiger partial charge in [-0.15, -0.1) is 0 Å². The lowest BCUT2D eigenvalue weighted by Gasteiger charge is -2.34. The second-order valence-electron chi connectivity index (χ2n) is 7.14. The number of aromatic nitrogens is 1. The molecule has 1 aliphatic rings. The van der Waals surface area contributed by atoms with Crippen molar-refractivity contribution in [1.29, 1.82) is 0 Å². The molecule has 2 heterocycles. The van der Waals surface area contributed by atoms with Gasteiger partial charge in [-0.3, -0.25) is 9.59 Å². The van der Waals surface area contributed by atoms with Gasteiger partial charge in [-0.25, -0.2) is 4.98 Å². The summed E-state index contributed by atoms with van der Waals surface area (Å²) in [5, 5.41) is 0.543. The maximum Gasteiger partial charge on any atom is 0.246 e. The maximum absolute atomic E-state index is 12.7. The Hall–Kier alpha value is -3.06. The van der Waals surface area contributed by atoms with Crippen molar-refractivity contribution in [3.8, 4) is 22.8 Å². The van der Waals surface area contributed by atoms with Crippen LogP contribution in [0.5, 0.6) is 11.6 Å². The molecule has 1 saturated heterocycles. The number of rotatable bonds is 7. The first-order chi connectivity index (χ1) is 15.0. The van der Waals surface area contributed by atoms with Crippen molar-refractivity contribution >= 4 is 23.4 Å². The first-order valence-electron chi connectivity index (χ1n) is 10.0. The van der Waals surface area contributed by atoms with E-state index >= 15 is 0 Å². The molecular weight excluding hydrogens is 418 g/mol. The zero-order chi connectivity index (χ0) is 22.4. The number of hydrogen-bond donors (Lipinski definition) is 0. The van der Waals surface area contributed by atoms with Gasteiger partial charge in [-0.1, -0.05) is 18.2 Å². The largest absolute Gasteiger partial charge is 0.496 e. The predicted molar refractivity (Wildman–Crippen MR) is 119 cm³/mol. The second-order valence-corrected chi connectivity index (χ2v) is 7.55. The number of amides is 2. The van der Waals surface area contributed by atoms with Gasteiger partial charge in [-0.05, 0) is 36.3 Å². The quantitative estimate of drug-likeness (QED) is 0.614. The first kappa shape index (κ1) is 22.6. The summed E-state index contributed by atoms with van der Waals surface area (Å²) in [6, 6.07) is 7.37. The summed E-state index contributed by atoms with van der Waals surface area (Å²) in [6.07, 6.45) is 3.86. The van der Waals surface area contributed by atoms with Crippen LogP contribution in [0.3, 0.4) is 0 Å². The summed E-state index contributed by atoms with van der Waals surface area (Å²) in [6.45, 7) is 5.61. The van der Waals surface area contributed by atoms with Crippen LogP contribution in [0.4, 0.5) is 0 Å². The Kier molecular flexibility index (Phi) is 7.52. The minimum atomic E-state index is -0.0986. The van der Waals surface area contributed by atoms with E-state index in [4.69, 9.17) is 21.1 Å². The van der Waals surface area contributed by atoms with Gasteiger partial charge in [0.25, 0.3) is 0 Å². The van der Waals surface area contributed by atoms with E-state index in [9.17, 15) is 9.59 Å². The zero-order valence-electron chi connectivity index (χ0n) is 17.8. The van der Waals surface area contributed by atoms with Crippen LogP contribution in [0, 0.1) is 0 Å². The van der Waals surface area contributed by atoms with E-state index in [1.54, 1.807) is 42.3 Å². The number of carbonyl (C=O) groups is 2. The molecular formula is C23H26ClN3O4. The number of nitrogens with zero attached hydrogens (tertiary/aromatic N) is 3. The molecule has 1 aliphatic heterocycles. The zero-order valence-corrected chi connectivity index (χ0v) is 18.5. The molecule has 3 rings (SSSR count). The number of ether oxygens (including phenoxy) is 2. The Labute approximate surface area is 187 Å². The lowest BCUT2D eigenvalue weighted by molar-refractivity contribution is -0.137. The number of piperazine rings is 1. The number of carbonyl (C=O) groups excluding carboxylic acids is 2. The molecule has 0 N–H and O–H groups in total. The van der Waals surface area contributed by atoms with Crippen LogP contribution < -0.4 is 9.47 Å². The molecule has 2 amide bonds. The summed E-state index contributed by atoms with van der Waals surface area (Å²) in [5.74, 6) is 1.12. The molecule has 8 heteroatoms. The summed E-state index contributed by atoms with van der Waals surface area (Å²) in [7, 11) is 3.15. The topological polar surface area (TPSA) is 72.0 Å². The fraction of sp³-hybridized carbons (Fsp3) is 0.348. The molecule has 1 fully saturated rings. The number of benzene rings is 1. The third-order valence-electron chi connectivity index (χ3n) is 5.35. The fourth-order valence-corrected chi connectivity index (χ4v) is 3.83. The van der Waals surface area contributed by atoms with E-state index in [1.807, 2.05) is 12.1 Å². The van der Waals surface area contributed by atoms with Gasteiger partial charge < -0.3 is 19.3 Å². The summed E-state index contributed by atoms with van der Waals surface area (Å²) in [4.78, 5) is 32.2. The molecule has 0 aliphatic carbocycles. The molecule has 0 radical (unpaired) electrons. The molecule has 2 aromatic rings. The van der Waals surface area contributed by atoms with Crippen LogP contribution in [0.2, 0.25) is 5.02 Å². The highest BCUT2D eigenvalue weighted by atomic mass is 35.5. The third kappa shape index (κ3) is 5.35. The number of hydrogen-bond acceptors (Lipinski definition) is 5. The van der Waals surface area contributed by atoms with E-state index < -0.39 is 0 Å². The van der Waals surface area contributed by atoms with Crippen LogP contribution in [-0.4, -0.2) is 67.0 Å². The molecule has 164 valence electrons. The molecule has 0 saturated carbocycles. The van der Waals surface area contributed by atoms with Gasteiger partial charge in [0.1, 0.15) is 5.75 Å². The molecule has 0 atom stereocenters. The lowest BCUT2D eigenvalue weighted by atomic mass is 10.0. The maximum atomic E-state index is 12.7. The van der Waals surface area contributed by atoms with Crippen LogP contribution in [0.1, 0.15) is 12.0 Å². The van der Waals surface area contributed by atoms with Gasteiger partial charge in [0.05, 0.1) is 19.2 Å². The van der Waals surface area contributed by atoms with Crippen molar-refractivity contribution in [2.24, 2.45) is 0 Å². The smallest absolute Gasteiger partial charge is 0.246 e. The predicted octanol–water partition coefficient (Wildman–Crippen LogP) is 3.21. The molecule has 1 aromatic heterocycles. The lowest BCUT2D eigenvalue weighted by Crippen LogP contribution is -2.50. The Balaban J connectivity index is 1.70. The standard InChI is InChI=1S/C23H26ClN3O4/c1-4-22(28)26-9-11-27(12-10-26)23(29)8-6-16-13-18(19(24)14-20(16)30-2)17-5-7-21(31-3)25-15-17/h4-5,7,13-15H,1,6,8-12H2,2-3H3. The molecule has 1 aromatic carbocycles. The summed E-state index contributed by atoms with van der Waals surface area (Å²) in [5.41, 5.74) is 2.56. The molecule has 0 bridgehead atoms. The second kappa shape index (κ2) is 10.3. The monoisotopic (exact) mass is 443 g/mol. The fourth-order valence-electron chi connectivity index (χ4n) is 3.57. The molecule has 7 nitrogen and oxygen atoms in total. The Bertz CT molecular complexity index is 954. The van der Waals surface area contributed by atoms with Gasteiger partial charge in [0.15, 0.2) is 0 Å². The van der Waals surface area contributed by atoms with Gasteiger partial charge in [-0.2, -0.15) is 0 Å². The van der Waals surface area contributed by atoms with Crippen molar-refractivity contribution in [2.75, 3.05) is 40.4 Å². The average molecular weight is 444 g/mol. The summed E-state index contributed by atoms with van der Waals surface area (Å²) >= 11 is 6.47. The van der Waals surface area contributed by atoms with Crippen LogP contribution in [0.25, 0.3) is 11.1 Å². The normalized spacial score (nSPS) is 13.6. The van der Waals surface area contributed by atoms with Crippen molar-refractivity contribution in [2.45, 2.75) is 12.8 Å². The van der Waals surface area contributed by atoms with Gasteiger partial charge in [0, 0.05) is 56.0 Å². The minimum Gasteiger partial charge on any atom is -0.496 e. The average Bonchev–Trinajstić information content (AvgIpc) is 2.82. The first-order valence-corrected chi connectivity index (χ1v) is 10.4. The van der Waals surface area contributed by atoms with Crippen LogP contribution >= 0.6 is 11.6 Å². The van der Waals surface area contributed by atoms with Crippen molar-refractivity contribution in [3.63, 3.8) is 0 Å².